The van der Waals surface area contributed by atoms with Crippen molar-refractivity contribution in [1.29, 1.82) is 5.26 Å². The van der Waals surface area contributed by atoms with E-state index in [1.165, 1.54) is 12.1 Å². The summed E-state index contributed by atoms with van der Waals surface area (Å²) in [7, 11) is -3.43. The minimum Gasteiger partial charge on any atom is -0.406 e. The highest BCUT2D eigenvalue weighted by Crippen LogP contribution is 2.72. The zero-order chi connectivity index (χ0) is 22.1. The third-order valence-electron chi connectivity index (χ3n) is 7.44. The van der Waals surface area contributed by atoms with Gasteiger partial charge >= 0.3 is 8.69 Å². The van der Waals surface area contributed by atoms with E-state index in [0.717, 1.165) is 19.3 Å². The van der Waals surface area contributed by atoms with Crippen LogP contribution in [0.4, 0.5) is 0 Å². The number of nitrogens with zero attached hydrogens (tertiary/aromatic N) is 1. The van der Waals surface area contributed by atoms with Crippen LogP contribution in [0.2, 0.25) is 0 Å². The summed E-state index contributed by atoms with van der Waals surface area (Å²) < 4.78 is 45.2. The van der Waals surface area contributed by atoms with Crippen LogP contribution in [0.5, 0.6) is 5.75 Å². The van der Waals surface area contributed by atoms with Crippen LogP contribution in [-0.2, 0) is 24.9 Å². The summed E-state index contributed by atoms with van der Waals surface area (Å²) in [5, 5.41) is 19.4. The number of ether oxygens (including phenoxy) is 1. The highest BCUT2D eigenvalue weighted by Gasteiger charge is 2.78. The van der Waals surface area contributed by atoms with Gasteiger partial charge in [-0.3, -0.25) is 0 Å². The predicted molar refractivity (Wildman–Crippen MR) is 96.1 cm³/mol. The molecule has 8 heteroatoms. The van der Waals surface area contributed by atoms with Gasteiger partial charge in [-0.1, -0.05) is 6.07 Å². The summed E-state index contributed by atoms with van der Waals surface area (Å²) in [6.07, 6.45) is 4.05. The first kappa shape index (κ1) is 15.3. The monoisotopic (exact) mass is 406 g/mol. The first-order chi connectivity index (χ1) is 14.7. The Kier molecular flexibility index (Phi) is 3.40. The molecule has 5 aliphatic rings. The number of aliphatic hydroxyl groups is 1. The zero-order valence-corrected chi connectivity index (χ0v) is 16.0. The third kappa shape index (κ3) is 2.13. The van der Waals surface area contributed by atoms with E-state index < -0.39 is 27.1 Å². The van der Waals surface area contributed by atoms with Crippen LogP contribution < -0.4 is 4.52 Å². The Balaban J connectivity index is 1.64. The molecule has 0 aromatic heterocycles. The molecule has 7 nitrogen and oxygen atoms in total. The first-order valence-electron chi connectivity index (χ1n) is 10.9. The van der Waals surface area contributed by atoms with Crippen LogP contribution >= 0.6 is 8.69 Å². The van der Waals surface area contributed by atoms with E-state index in [9.17, 15) is 14.9 Å². The SMILES string of the molecule is [2H]C([2H])([2H])OC1(c2ccc(C#N)c(OP=O)c2)OOC12C1CC3CC2CC(CO)(C3)C1. The summed E-state index contributed by atoms with van der Waals surface area (Å²) in [6, 6.07) is 6.42. The van der Waals surface area contributed by atoms with Gasteiger partial charge in [0.1, 0.15) is 6.07 Å². The highest BCUT2D eigenvalue weighted by molar-refractivity contribution is 7.17. The molecule has 1 aliphatic heterocycles. The van der Waals surface area contributed by atoms with E-state index >= 15 is 0 Å². The molecule has 3 atom stereocenters. The quantitative estimate of drug-likeness (QED) is 0.591. The molecule has 0 amide bonds. The maximum atomic E-state index is 11.0. The zero-order valence-electron chi connectivity index (χ0n) is 18.1. The van der Waals surface area contributed by atoms with Crippen molar-refractivity contribution in [3.05, 3.63) is 29.3 Å². The Labute approximate surface area is 169 Å². The number of hydrogen-bond acceptors (Lipinski definition) is 7. The van der Waals surface area contributed by atoms with Crippen molar-refractivity contribution < 1.29 is 32.8 Å². The molecular formula is C20H22NO6P. The lowest BCUT2D eigenvalue weighted by atomic mass is 9.42. The minimum atomic E-state index is -2.79. The van der Waals surface area contributed by atoms with E-state index in [2.05, 4.69) is 0 Å². The molecule has 148 valence electrons. The molecule has 1 heterocycles. The summed E-state index contributed by atoms with van der Waals surface area (Å²) in [6.45, 7) is 0.0952. The van der Waals surface area contributed by atoms with Crippen molar-refractivity contribution in [2.24, 2.45) is 23.2 Å². The van der Waals surface area contributed by atoms with Gasteiger partial charge in [-0.05, 0) is 67.4 Å². The number of rotatable bonds is 5. The number of aliphatic hydroxyl groups excluding tert-OH is 1. The molecule has 4 aliphatic carbocycles. The molecule has 1 N–H and O–H groups in total. The van der Waals surface area contributed by atoms with Crippen molar-refractivity contribution in [3.63, 3.8) is 0 Å². The second kappa shape index (κ2) is 6.22. The average molecular weight is 406 g/mol. The Hall–Kier alpha value is -1.55. The van der Waals surface area contributed by atoms with Gasteiger partial charge in [-0.2, -0.15) is 10.1 Å². The number of methoxy groups -OCH3 is 1. The molecule has 4 bridgehead atoms. The molecule has 4 saturated carbocycles. The van der Waals surface area contributed by atoms with Crippen LogP contribution in [0.15, 0.2) is 18.2 Å². The Bertz CT molecular complexity index is 949. The van der Waals surface area contributed by atoms with Crippen LogP contribution in [0.25, 0.3) is 0 Å². The van der Waals surface area contributed by atoms with Crippen LogP contribution in [-0.4, -0.2) is 24.4 Å². The number of nitriles is 1. The van der Waals surface area contributed by atoms with Gasteiger partial charge in [0, 0.05) is 19.2 Å². The molecule has 28 heavy (non-hydrogen) atoms. The van der Waals surface area contributed by atoms with Crippen molar-refractivity contribution in [3.8, 4) is 11.8 Å². The highest BCUT2D eigenvalue weighted by atomic mass is 31.1. The van der Waals surface area contributed by atoms with Crippen molar-refractivity contribution in [1.82, 2.24) is 0 Å². The second-order valence-corrected chi connectivity index (χ2v) is 9.00. The average Bonchev–Trinajstić information content (AvgIpc) is 2.70. The molecule has 3 unspecified atom stereocenters. The predicted octanol–water partition coefficient (Wildman–Crippen LogP) is 3.46. The van der Waals surface area contributed by atoms with E-state index in [-0.39, 0.29) is 35.2 Å². The van der Waals surface area contributed by atoms with Crippen molar-refractivity contribution in [2.75, 3.05) is 13.6 Å². The minimum absolute atomic E-state index is 0.0338. The fourth-order valence-electron chi connectivity index (χ4n) is 6.57. The second-order valence-electron chi connectivity index (χ2n) is 8.67. The summed E-state index contributed by atoms with van der Waals surface area (Å²) in [4.78, 5) is 11.4. The van der Waals surface area contributed by atoms with E-state index in [4.69, 9.17) is 23.1 Å². The lowest BCUT2D eigenvalue weighted by molar-refractivity contribution is -0.647. The van der Waals surface area contributed by atoms with Gasteiger partial charge in [-0.25, -0.2) is 9.45 Å². The summed E-state index contributed by atoms with van der Waals surface area (Å²) in [5.74, 6) is -1.36. The van der Waals surface area contributed by atoms with Crippen LogP contribution in [0, 0.1) is 34.5 Å². The molecule has 0 radical (unpaired) electrons. The standard InChI is InChI=1S/C20H22NO6P/c1-24-20(14-3-2-13(10-21)17(6-14)25-28-23)19(26-27-20)15-4-12-5-16(19)9-18(7-12,8-15)11-22/h2-3,6,12,15-16,22H,4-5,7-9,11H2,1H3/i1D3. The van der Waals surface area contributed by atoms with Gasteiger partial charge in [0.2, 0.25) is 0 Å². The lowest BCUT2D eigenvalue weighted by Crippen LogP contribution is -2.77. The Morgan fingerprint density at radius 3 is 2.71 bits per heavy atom. The molecule has 1 aromatic rings. The number of benzene rings is 1. The van der Waals surface area contributed by atoms with E-state index in [0.29, 0.717) is 24.3 Å². The molecule has 5 fully saturated rings. The topological polar surface area (TPSA) is 98.0 Å². The normalized spacial score (nSPS) is 45.1. The summed E-state index contributed by atoms with van der Waals surface area (Å²) in [5.41, 5.74) is -0.725. The molecule has 1 saturated heterocycles. The van der Waals surface area contributed by atoms with Gasteiger partial charge < -0.3 is 14.4 Å². The van der Waals surface area contributed by atoms with Crippen molar-refractivity contribution >= 4 is 8.69 Å². The smallest absolute Gasteiger partial charge is 0.395 e. The maximum absolute atomic E-state index is 11.0. The van der Waals surface area contributed by atoms with Gasteiger partial charge in [-0.15, -0.1) is 0 Å². The fourth-order valence-corrected chi connectivity index (χ4v) is 6.81. The number of hydrogen-bond donors (Lipinski definition) is 1. The van der Waals surface area contributed by atoms with E-state index in [1.807, 2.05) is 6.07 Å². The van der Waals surface area contributed by atoms with Gasteiger partial charge in [0.05, 0.1) is 9.68 Å². The largest absolute Gasteiger partial charge is 0.406 e. The lowest BCUT2D eigenvalue weighted by Gasteiger charge is -2.71. The van der Waals surface area contributed by atoms with Crippen LogP contribution in [0.3, 0.4) is 0 Å². The molecule has 1 spiro atoms. The first-order valence-corrected chi connectivity index (χ1v) is 10.2. The molecule has 6 rings (SSSR count). The molecular weight excluding hydrogens is 381 g/mol. The third-order valence-corrected chi connectivity index (χ3v) is 7.71. The summed E-state index contributed by atoms with van der Waals surface area (Å²) >= 11 is 0. The van der Waals surface area contributed by atoms with E-state index in [1.54, 1.807) is 6.07 Å². The van der Waals surface area contributed by atoms with Crippen LogP contribution in [0.1, 0.15) is 47.3 Å². The van der Waals surface area contributed by atoms with Gasteiger partial charge in [0.15, 0.2) is 11.4 Å². The molecule has 1 aromatic carbocycles. The Morgan fingerprint density at radius 2 is 2.14 bits per heavy atom. The fraction of sp³-hybridized carbons (Fsp3) is 0.650. The Morgan fingerprint density at radius 1 is 1.36 bits per heavy atom. The van der Waals surface area contributed by atoms with Gasteiger partial charge in [0.25, 0.3) is 5.79 Å². The van der Waals surface area contributed by atoms with Crippen molar-refractivity contribution in [2.45, 2.75) is 43.5 Å². The maximum Gasteiger partial charge on any atom is 0.395 e.